The predicted octanol–water partition coefficient (Wildman–Crippen LogP) is 3.80. The van der Waals surface area contributed by atoms with Gasteiger partial charge in [0.15, 0.2) is 5.78 Å². The number of carbonyl (C=O) groups excluding carboxylic acids is 1. The van der Waals surface area contributed by atoms with Crippen molar-refractivity contribution in [1.82, 2.24) is 0 Å². The lowest BCUT2D eigenvalue weighted by Crippen LogP contribution is -2.02. The molecule has 0 amide bonds. The number of aryl methyl sites for hydroxylation is 1. The highest BCUT2D eigenvalue weighted by atomic mass is 32.1. The largest absolute Gasteiger partial charge is 0.293 e. The summed E-state index contributed by atoms with van der Waals surface area (Å²) in [6.07, 6.45) is 1.48. The fourth-order valence-electron chi connectivity index (χ4n) is 1.52. The zero-order chi connectivity index (χ0) is 10.7. The summed E-state index contributed by atoms with van der Waals surface area (Å²) in [5, 5.41) is 6.05. The zero-order valence-corrected chi connectivity index (χ0v) is 10.2. The molecular formula is C12H12OS2. The molecule has 1 nitrogen and oxygen atoms in total. The maximum absolute atomic E-state index is 12.0. The summed E-state index contributed by atoms with van der Waals surface area (Å²) in [7, 11) is 0. The Morgan fingerprint density at radius 3 is 2.87 bits per heavy atom. The second-order valence-electron chi connectivity index (χ2n) is 3.36. The quantitative estimate of drug-likeness (QED) is 0.738. The minimum absolute atomic E-state index is 0.250. The fourth-order valence-corrected chi connectivity index (χ4v) is 3.12. The van der Waals surface area contributed by atoms with Gasteiger partial charge in [-0.05, 0) is 45.8 Å². The summed E-state index contributed by atoms with van der Waals surface area (Å²) in [5.74, 6) is 0.250. The van der Waals surface area contributed by atoms with E-state index in [4.69, 9.17) is 0 Å². The summed E-state index contributed by atoms with van der Waals surface area (Å²) in [4.78, 5) is 12.9. The van der Waals surface area contributed by atoms with E-state index in [1.807, 2.05) is 28.3 Å². The van der Waals surface area contributed by atoms with Crippen LogP contribution in [-0.2, 0) is 12.8 Å². The number of rotatable bonds is 4. The van der Waals surface area contributed by atoms with Crippen LogP contribution in [0.15, 0.2) is 28.3 Å². The highest BCUT2D eigenvalue weighted by molar-refractivity contribution is 7.12. The second-order valence-corrected chi connectivity index (χ2v) is 5.06. The SMILES string of the molecule is CCc1ccsc1C(=O)Cc1ccsc1. The number of hydrogen-bond acceptors (Lipinski definition) is 3. The van der Waals surface area contributed by atoms with Gasteiger partial charge in [0.25, 0.3) is 0 Å². The summed E-state index contributed by atoms with van der Waals surface area (Å²) >= 11 is 3.20. The number of hydrogen-bond donors (Lipinski definition) is 0. The van der Waals surface area contributed by atoms with E-state index < -0.39 is 0 Å². The lowest BCUT2D eigenvalue weighted by Gasteiger charge is -1.99. The van der Waals surface area contributed by atoms with Crippen LogP contribution in [0.3, 0.4) is 0 Å². The predicted molar refractivity (Wildman–Crippen MR) is 66.1 cm³/mol. The summed E-state index contributed by atoms with van der Waals surface area (Å²) in [6, 6.07) is 4.06. The lowest BCUT2D eigenvalue weighted by molar-refractivity contribution is 0.0996. The molecule has 0 spiro atoms. The van der Waals surface area contributed by atoms with Gasteiger partial charge in [-0.25, -0.2) is 0 Å². The molecule has 0 aliphatic heterocycles. The van der Waals surface area contributed by atoms with Gasteiger partial charge in [-0.15, -0.1) is 11.3 Å². The first kappa shape index (κ1) is 10.6. The van der Waals surface area contributed by atoms with E-state index >= 15 is 0 Å². The van der Waals surface area contributed by atoms with E-state index in [1.54, 1.807) is 22.7 Å². The number of ketones is 1. The van der Waals surface area contributed by atoms with Gasteiger partial charge in [0.1, 0.15) is 0 Å². The minimum Gasteiger partial charge on any atom is -0.293 e. The Bertz CT molecular complexity index is 440. The van der Waals surface area contributed by atoms with Crippen LogP contribution in [0.5, 0.6) is 0 Å². The molecule has 0 fully saturated rings. The molecular weight excluding hydrogens is 224 g/mol. The maximum Gasteiger partial charge on any atom is 0.177 e. The van der Waals surface area contributed by atoms with Crippen LogP contribution in [0.25, 0.3) is 0 Å². The molecule has 0 aliphatic carbocycles. The number of carbonyl (C=O) groups is 1. The van der Waals surface area contributed by atoms with Gasteiger partial charge in [0.05, 0.1) is 4.88 Å². The summed E-state index contributed by atoms with van der Waals surface area (Å²) in [6.45, 7) is 2.09. The summed E-state index contributed by atoms with van der Waals surface area (Å²) < 4.78 is 0. The van der Waals surface area contributed by atoms with Crippen molar-refractivity contribution in [3.8, 4) is 0 Å². The molecule has 2 aromatic rings. The van der Waals surface area contributed by atoms with Gasteiger partial charge in [-0.1, -0.05) is 6.92 Å². The van der Waals surface area contributed by atoms with Gasteiger partial charge < -0.3 is 0 Å². The molecule has 0 aromatic carbocycles. The Morgan fingerprint density at radius 1 is 1.33 bits per heavy atom. The van der Waals surface area contributed by atoms with Crippen molar-refractivity contribution in [2.45, 2.75) is 19.8 Å². The van der Waals surface area contributed by atoms with E-state index in [1.165, 1.54) is 5.56 Å². The molecule has 0 radical (unpaired) electrons. The summed E-state index contributed by atoms with van der Waals surface area (Å²) in [5.41, 5.74) is 2.31. The zero-order valence-electron chi connectivity index (χ0n) is 8.53. The first-order valence-electron chi connectivity index (χ1n) is 4.92. The first-order chi connectivity index (χ1) is 7.31. The molecule has 2 heterocycles. The molecule has 2 aromatic heterocycles. The van der Waals surface area contributed by atoms with Gasteiger partial charge in [-0.2, -0.15) is 11.3 Å². The molecule has 0 bridgehead atoms. The van der Waals surface area contributed by atoms with Crippen LogP contribution >= 0.6 is 22.7 Å². The standard InChI is InChI=1S/C12H12OS2/c1-2-10-4-6-15-12(10)11(13)7-9-3-5-14-8-9/h3-6,8H,2,7H2,1H3. The van der Waals surface area contributed by atoms with E-state index in [0.29, 0.717) is 6.42 Å². The van der Waals surface area contributed by atoms with Gasteiger partial charge in [-0.3, -0.25) is 4.79 Å². The molecule has 0 aliphatic rings. The van der Waals surface area contributed by atoms with Crippen LogP contribution in [0.1, 0.15) is 27.7 Å². The van der Waals surface area contributed by atoms with Gasteiger partial charge >= 0.3 is 0 Å². The topological polar surface area (TPSA) is 17.1 Å². The maximum atomic E-state index is 12.0. The van der Waals surface area contributed by atoms with E-state index in [2.05, 4.69) is 6.92 Å². The van der Waals surface area contributed by atoms with Crippen molar-refractivity contribution in [3.05, 3.63) is 44.3 Å². The van der Waals surface area contributed by atoms with Crippen LogP contribution in [0.4, 0.5) is 0 Å². The highest BCUT2D eigenvalue weighted by Gasteiger charge is 2.12. The van der Waals surface area contributed by atoms with Crippen molar-refractivity contribution in [2.24, 2.45) is 0 Å². The van der Waals surface area contributed by atoms with E-state index in [0.717, 1.165) is 16.9 Å². The van der Waals surface area contributed by atoms with Crippen molar-refractivity contribution in [1.29, 1.82) is 0 Å². The molecule has 2 rings (SSSR count). The third kappa shape index (κ3) is 2.36. The fraction of sp³-hybridized carbons (Fsp3) is 0.250. The van der Waals surface area contributed by atoms with Crippen molar-refractivity contribution in [3.63, 3.8) is 0 Å². The Kier molecular flexibility index (Phi) is 3.34. The van der Waals surface area contributed by atoms with Crippen LogP contribution in [0, 0.1) is 0 Å². The van der Waals surface area contributed by atoms with Crippen molar-refractivity contribution >= 4 is 28.5 Å². The Morgan fingerprint density at radius 2 is 2.20 bits per heavy atom. The molecule has 0 saturated heterocycles. The first-order valence-corrected chi connectivity index (χ1v) is 6.74. The van der Waals surface area contributed by atoms with E-state index in [9.17, 15) is 4.79 Å². The number of thiophene rings is 2. The highest BCUT2D eigenvalue weighted by Crippen LogP contribution is 2.20. The van der Waals surface area contributed by atoms with Gasteiger partial charge in [0, 0.05) is 6.42 Å². The second kappa shape index (κ2) is 4.73. The van der Waals surface area contributed by atoms with E-state index in [-0.39, 0.29) is 5.78 Å². The Hall–Kier alpha value is -0.930. The van der Waals surface area contributed by atoms with Crippen LogP contribution in [-0.4, -0.2) is 5.78 Å². The molecule has 78 valence electrons. The van der Waals surface area contributed by atoms with Crippen molar-refractivity contribution in [2.75, 3.05) is 0 Å². The van der Waals surface area contributed by atoms with Crippen LogP contribution < -0.4 is 0 Å². The molecule has 0 N–H and O–H groups in total. The normalized spacial score (nSPS) is 10.5. The third-order valence-electron chi connectivity index (χ3n) is 2.33. The molecule has 0 unspecified atom stereocenters. The molecule has 0 saturated carbocycles. The average molecular weight is 236 g/mol. The Balaban J connectivity index is 2.15. The average Bonchev–Trinajstić information content (AvgIpc) is 2.86. The molecule has 15 heavy (non-hydrogen) atoms. The van der Waals surface area contributed by atoms with Gasteiger partial charge in [0.2, 0.25) is 0 Å². The molecule has 3 heteroatoms. The van der Waals surface area contributed by atoms with Crippen molar-refractivity contribution < 1.29 is 4.79 Å². The van der Waals surface area contributed by atoms with Crippen LogP contribution in [0.2, 0.25) is 0 Å². The smallest absolute Gasteiger partial charge is 0.177 e. The number of Topliss-reactive ketones (excluding diaryl/α,β-unsaturated/α-hetero) is 1. The molecule has 0 atom stereocenters. The lowest BCUT2D eigenvalue weighted by atomic mass is 10.1. The minimum atomic E-state index is 0.250. The monoisotopic (exact) mass is 236 g/mol. The third-order valence-corrected chi connectivity index (χ3v) is 4.06. The Labute approximate surface area is 97.4 Å².